The number of nitrogens with zero attached hydrogens (tertiary/aromatic N) is 9. The molecule has 11 heteroatoms. The number of aryl methyl sites for hydroxylation is 1. The lowest BCUT2D eigenvalue weighted by Crippen LogP contribution is -2.47. The Morgan fingerprint density at radius 3 is 2.65 bits per heavy atom. The zero-order valence-corrected chi connectivity index (χ0v) is 16.8. The van der Waals surface area contributed by atoms with Crippen molar-refractivity contribution in [2.24, 2.45) is 0 Å². The molecule has 3 aromatic heterocycles. The molecule has 0 atom stereocenters. The Kier molecular flexibility index (Phi) is 4.04. The summed E-state index contributed by atoms with van der Waals surface area (Å²) >= 11 is 0. The molecule has 0 aliphatic carbocycles. The van der Waals surface area contributed by atoms with Crippen molar-refractivity contribution >= 4 is 17.4 Å². The van der Waals surface area contributed by atoms with Crippen LogP contribution in [0.15, 0.2) is 36.8 Å². The van der Waals surface area contributed by atoms with Crippen molar-refractivity contribution in [3.05, 3.63) is 42.5 Å². The molecule has 4 aromatic rings. The smallest absolute Gasteiger partial charge is 0.271 e. The van der Waals surface area contributed by atoms with Gasteiger partial charge in [-0.3, -0.25) is 0 Å². The van der Waals surface area contributed by atoms with Crippen molar-refractivity contribution in [3.63, 3.8) is 0 Å². The van der Waals surface area contributed by atoms with Crippen LogP contribution in [0.25, 0.3) is 17.2 Å². The minimum atomic E-state index is 0.286. The van der Waals surface area contributed by atoms with Gasteiger partial charge in [0.05, 0.1) is 11.4 Å². The van der Waals surface area contributed by atoms with Crippen molar-refractivity contribution in [1.82, 2.24) is 34.8 Å². The molecule has 0 unspecified atom stereocenters. The van der Waals surface area contributed by atoms with E-state index in [-0.39, 0.29) is 6.79 Å². The van der Waals surface area contributed by atoms with Crippen LogP contribution in [0.5, 0.6) is 11.5 Å². The second-order valence-corrected chi connectivity index (χ2v) is 7.36. The predicted octanol–water partition coefficient (Wildman–Crippen LogP) is 1.34. The Morgan fingerprint density at radius 1 is 0.903 bits per heavy atom. The maximum Gasteiger partial charge on any atom is 0.271 e. The standard InChI is InChI=1S/C20H19N9O2/c1-13-18(25-26-20-22-11-23-29(13)20)15-4-5-21-19(24-15)28-8-6-27(7-9-28)14-2-3-16-17(10-14)31-12-30-16/h2-5,10-11H,6-9,12H2,1H3. The van der Waals surface area contributed by atoms with E-state index in [9.17, 15) is 0 Å². The fraction of sp³-hybridized carbons (Fsp3) is 0.300. The summed E-state index contributed by atoms with van der Waals surface area (Å²) in [5.74, 6) is 2.75. The van der Waals surface area contributed by atoms with Gasteiger partial charge in [-0.2, -0.15) is 14.6 Å². The van der Waals surface area contributed by atoms with Gasteiger partial charge in [-0.25, -0.2) is 9.97 Å². The molecule has 0 radical (unpaired) electrons. The van der Waals surface area contributed by atoms with E-state index in [0.717, 1.165) is 49.1 Å². The van der Waals surface area contributed by atoms with Crippen LogP contribution in [0.4, 0.5) is 11.6 Å². The molecule has 1 aromatic carbocycles. The van der Waals surface area contributed by atoms with E-state index in [1.165, 1.54) is 6.33 Å². The Balaban J connectivity index is 1.21. The number of piperazine rings is 1. The first-order valence-electron chi connectivity index (χ1n) is 10.0. The van der Waals surface area contributed by atoms with Crippen LogP contribution < -0.4 is 19.3 Å². The van der Waals surface area contributed by atoms with Gasteiger partial charge in [0.2, 0.25) is 12.7 Å². The summed E-state index contributed by atoms with van der Waals surface area (Å²) < 4.78 is 12.6. The number of hydrogen-bond donors (Lipinski definition) is 0. The topological polar surface area (TPSA) is 107 Å². The van der Waals surface area contributed by atoms with Gasteiger partial charge in [0.15, 0.2) is 11.5 Å². The minimum absolute atomic E-state index is 0.286. The van der Waals surface area contributed by atoms with Gasteiger partial charge in [0.25, 0.3) is 5.78 Å². The van der Waals surface area contributed by atoms with E-state index in [2.05, 4.69) is 41.1 Å². The first kappa shape index (κ1) is 17.8. The lowest BCUT2D eigenvalue weighted by Gasteiger charge is -2.36. The fourth-order valence-corrected chi connectivity index (χ4v) is 3.92. The maximum atomic E-state index is 5.51. The molecule has 0 saturated carbocycles. The first-order chi connectivity index (χ1) is 15.3. The number of anilines is 2. The van der Waals surface area contributed by atoms with Gasteiger partial charge in [0.1, 0.15) is 12.0 Å². The van der Waals surface area contributed by atoms with Gasteiger partial charge >= 0.3 is 0 Å². The number of hydrogen-bond acceptors (Lipinski definition) is 10. The average molecular weight is 417 g/mol. The molecule has 156 valence electrons. The first-order valence-corrected chi connectivity index (χ1v) is 10.0. The third-order valence-corrected chi connectivity index (χ3v) is 5.60. The molecule has 0 N–H and O–H groups in total. The molecule has 0 spiro atoms. The number of benzene rings is 1. The van der Waals surface area contributed by atoms with E-state index >= 15 is 0 Å². The SMILES string of the molecule is Cc1c(-c2ccnc(N3CCN(c4ccc5c(c4)OCO5)CC3)n2)nnc2ncnn12. The highest BCUT2D eigenvalue weighted by atomic mass is 16.7. The molecule has 2 aliphatic heterocycles. The maximum absolute atomic E-state index is 5.51. The second kappa shape index (κ2) is 7.04. The molecular formula is C20H19N9O2. The van der Waals surface area contributed by atoms with E-state index in [0.29, 0.717) is 23.1 Å². The zero-order valence-electron chi connectivity index (χ0n) is 16.8. The Morgan fingerprint density at radius 2 is 1.74 bits per heavy atom. The lowest BCUT2D eigenvalue weighted by atomic mass is 10.2. The van der Waals surface area contributed by atoms with E-state index in [1.54, 1.807) is 10.7 Å². The largest absolute Gasteiger partial charge is 0.454 e. The van der Waals surface area contributed by atoms with E-state index < -0.39 is 0 Å². The van der Waals surface area contributed by atoms with Crippen LogP contribution in [0.1, 0.15) is 5.69 Å². The number of rotatable bonds is 3. The predicted molar refractivity (Wildman–Crippen MR) is 111 cm³/mol. The van der Waals surface area contributed by atoms with Crippen LogP contribution in [-0.2, 0) is 0 Å². The number of aromatic nitrogens is 7. The van der Waals surface area contributed by atoms with E-state index in [1.807, 2.05) is 25.1 Å². The van der Waals surface area contributed by atoms with Crippen molar-refractivity contribution < 1.29 is 9.47 Å². The third kappa shape index (κ3) is 3.05. The van der Waals surface area contributed by atoms with Gasteiger partial charge in [-0.15, -0.1) is 10.2 Å². The lowest BCUT2D eigenvalue weighted by molar-refractivity contribution is 0.174. The van der Waals surface area contributed by atoms with Crippen molar-refractivity contribution in [1.29, 1.82) is 0 Å². The molecule has 5 heterocycles. The molecule has 0 amide bonds. The summed E-state index contributed by atoms with van der Waals surface area (Å²) in [6, 6.07) is 7.91. The molecule has 11 nitrogen and oxygen atoms in total. The third-order valence-electron chi connectivity index (χ3n) is 5.60. The van der Waals surface area contributed by atoms with Gasteiger partial charge < -0.3 is 19.3 Å². The van der Waals surface area contributed by atoms with Crippen LogP contribution in [0.3, 0.4) is 0 Å². The Hall–Kier alpha value is -4.02. The Bertz CT molecular complexity index is 1270. The molecular weight excluding hydrogens is 398 g/mol. The highest BCUT2D eigenvalue weighted by Crippen LogP contribution is 2.35. The van der Waals surface area contributed by atoms with Gasteiger partial charge in [-0.05, 0) is 25.1 Å². The summed E-state index contributed by atoms with van der Waals surface area (Å²) in [5.41, 5.74) is 3.34. The van der Waals surface area contributed by atoms with Crippen molar-refractivity contribution in [2.45, 2.75) is 6.92 Å². The molecule has 1 fully saturated rings. The average Bonchev–Trinajstić information content (AvgIpc) is 3.49. The number of fused-ring (bicyclic) bond motifs is 2. The van der Waals surface area contributed by atoms with Crippen LogP contribution in [0, 0.1) is 6.92 Å². The van der Waals surface area contributed by atoms with Gasteiger partial charge in [-0.1, -0.05) is 0 Å². The highest BCUT2D eigenvalue weighted by Gasteiger charge is 2.22. The Labute approximate surface area is 177 Å². The molecule has 6 rings (SSSR count). The van der Waals surface area contributed by atoms with Crippen LogP contribution in [-0.4, -0.2) is 67.7 Å². The van der Waals surface area contributed by atoms with Crippen LogP contribution in [0.2, 0.25) is 0 Å². The van der Waals surface area contributed by atoms with Gasteiger partial charge in [0, 0.05) is 44.1 Å². The summed E-state index contributed by atoms with van der Waals surface area (Å²) in [6.45, 7) is 5.55. The minimum Gasteiger partial charge on any atom is -0.454 e. The highest BCUT2D eigenvalue weighted by molar-refractivity contribution is 5.60. The summed E-state index contributed by atoms with van der Waals surface area (Å²) in [4.78, 5) is 17.8. The molecule has 2 aliphatic rings. The fourth-order valence-electron chi connectivity index (χ4n) is 3.92. The quantitative estimate of drug-likeness (QED) is 0.485. The zero-order chi connectivity index (χ0) is 20.8. The number of ether oxygens (including phenoxy) is 2. The summed E-state index contributed by atoms with van der Waals surface area (Å²) in [5, 5.41) is 12.6. The molecule has 0 bridgehead atoms. The summed E-state index contributed by atoms with van der Waals surface area (Å²) in [6.07, 6.45) is 3.22. The van der Waals surface area contributed by atoms with Crippen LogP contribution >= 0.6 is 0 Å². The normalized spacial score (nSPS) is 15.6. The molecule has 1 saturated heterocycles. The monoisotopic (exact) mass is 417 g/mol. The van der Waals surface area contributed by atoms with Crippen molar-refractivity contribution in [3.8, 4) is 22.9 Å². The van der Waals surface area contributed by atoms with E-state index in [4.69, 9.17) is 14.5 Å². The summed E-state index contributed by atoms with van der Waals surface area (Å²) in [7, 11) is 0. The van der Waals surface area contributed by atoms with Crippen molar-refractivity contribution in [2.75, 3.05) is 42.8 Å². The molecule has 31 heavy (non-hydrogen) atoms. The second-order valence-electron chi connectivity index (χ2n) is 7.36.